The van der Waals surface area contributed by atoms with Gasteiger partial charge in [0.1, 0.15) is 12.3 Å². The molecule has 0 heterocycles. The van der Waals surface area contributed by atoms with Crippen molar-refractivity contribution >= 4 is 14.8 Å². The van der Waals surface area contributed by atoms with Crippen molar-refractivity contribution in [2.45, 2.75) is 97.0 Å². The molecule has 0 radical (unpaired) electrons. The molecule has 0 aromatic rings. The summed E-state index contributed by atoms with van der Waals surface area (Å²) in [5.74, 6) is 0.494. The van der Waals surface area contributed by atoms with Gasteiger partial charge >= 0.3 is 9.04 Å². The first-order chi connectivity index (χ1) is 12.5. The van der Waals surface area contributed by atoms with Crippen molar-refractivity contribution in [3.8, 4) is 0 Å². The zero-order chi connectivity index (χ0) is 19.4. The molecule has 0 bridgehead atoms. The van der Waals surface area contributed by atoms with Gasteiger partial charge in [0.15, 0.2) is 5.78 Å². The number of alkyl halides is 1. The van der Waals surface area contributed by atoms with Crippen LogP contribution in [0.25, 0.3) is 0 Å². The molecule has 0 amide bonds. The maximum Gasteiger partial charge on any atom is 0.467 e. The number of carbonyl (C=O) groups is 1. The van der Waals surface area contributed by atoms with E-state index in [1.54, 1.807) is 6.08 Å². The molecule has 0 aromatic heterocycles. The Bertz CT molecular complexity index is 447. The van der Waals surface area contributed by atoms with Crippen LogP contribution in [0.15, 0.2) is 24.3 Å². The van der Waals surface area contributed by atoms with Gasteiger partial charge in [-0.3, -0.25) is 4.79 Å². The summed E-state index contributed by atoms with van der Waals surface area (Å²) in [6.07, 6.45) is 15.2. The number of carbonyl (C=O) groups excluding carboxylic acids is 1. The van der Waals surface area contributed by atoms with Gasteiger partial charge in [0, 0.05) is 5.92 Å². The van der Waals surface area contributed by atoms with E-state index in [1.165, 1.54) is 12.8 Å². The molecule has 4 heteroatoms. The first-order valence-electron chi connectivity index (χ1n) is 10.5. The fourth-order valence-corrected chi connectivity index (χ4v) is 4.39. The normalized spacial score (nSPS) is 22.3. The lowest BCUT2D eigenvalue weighted by molar-refractivity contribution is -0.118. The highest BCUT2D eigenvalue weighted by Crippen LogP contribution is 2.31. The summed E-state index contributed by atoms with van der Waals surface area (Å²) in [4.78, 5) is 12.2. The Morgan fingerprint density at radius 3 is 2.58 bits per heavy atom. The SMILES string of the molecule is CCCC/C=C\CC1C(=O)C=C[C@@H]1CCC(O[Si+](C)C)C(F)CCCC. The molecule has 4 atom stereocenters. The molecule has 2 nitrogen and oxygen atoms in total. The monoisotopic (exact) mass is 381 g/mol. The summed E-state index contributed by atoms with van der Waals surface area (Å²) in [7, 11) is -0.930. The van der Waals surface area contributed by atoms with Gasteiger partial charge in [-0.05, 0) is 44.1 Å². The standard InChI is InChI=1S/C22H38FO2Si/c1-5-7-9-10-11-12-19-18(14-16-21(19)24)15-17-22(25-26(3)4)20(23)13-8-6-2/h10-11,14,16,18-20,22H,5-9,12-13,15,17H2,1-4H3/q+1/b11-10-/t18-,19?,20?,22?/m1/s1. The van der Waals surface area contributed by atoms with Crippen LogP contribution in [-0.2, 0) is 9.22 Å². The van der Waals surface area contributed by atoms with E-state index in [1.807, 2.05) is 6.08 Å². The number of rotatable bonds is 14. The molecule has 0 fully saturated rings. The highest BCUT2D eigenvalue weighted by atomic mass is 28.3. The van der Waals surface area contributed by atoms with Gasteiger partial charge in [0.25, 0.3) is 0 Å². The third kappa shape index (κ3) is 8.76. The Balaban J connectivity index is 2.54. The van der Waals surface area contributed by atoms with E-state index in [0.29, 0.717) is 12.8 Å². The number of ketones is 1. The van der Waals surface area contributed by atoms with Crippen molar-refractivity contribution in [2.75, 3.05) is 0 Å². The van der Waals surface area contributed by atoms with Crippen LogP contribution in [0.4, 0.5) is 4.39 Å². The molecule has 0 aromatic carbocycles. The molecular weight excluding hydrogens is 343 g/mol. The summed E-state index contributed by atoms with van der Waals surface area (Å²) in [6.45, 7) is 8.40. The van der Waals surface area contributed by atoms with E-state index < -0.39 is 15.2 Å². The first kappa shape index (κ1) is 23.3. The molecule has 0 saturated heterocycles. The van der Waals surface area contributed by atoms with Gasteiger partial charge in [0.2, 0.25) is 0 Å². The molecule has 0 aliphatic heterocycles. The second kappa shape index (κ2) is 13.4. The Morgan fingerprint density at radius 1 is 1.19 bits per heavy atom. The molecule has 148 valence electrons. The number of allylic oxidation sites excluding steroid dienone is 4. The second-order valence-electron chi connectivity index (χ2n) is 7.68. The number of unbranched alkanes of at least 4 members (excludes halogenated alkanes) is 3. The van der Waals surface area contributed by atoms with Gasteiger partial charge in [-0.2, -0.15) is 0 Å². The van der Waals surface area contributed by atoms with Crippen molar-refractivity contribution in [3.63, 3.8) is 0 Å². The van der Waals surface area contributed by atoms with Gasteiger partial charge in [-0.15, -0.1) is 0 Å². The van der Waals surface area contributed by atoms with Crippen molar-refractivity contribution < 1.29 is 13.6 Å². The third-order valence-electron chi connectivity index (χ3n) is 5.08. The fraction of sp³-hybridized carbons (Fsp3) is 0.773. The van der Waals surface area contributed by atoms with E-state index in [9.17, 15) is 9.18 Å². The molecule has 1 aliphatic carbocycles. The summed E-state index contributed by atoms with van der Waals surface area (Å²) in [5.41, 5.74) is 0. The number of hydrogen-bond donors (Lipinski definition) is 0. The van der Waals surface area contributed by atoms with Crippen molar-refractivity contribution in [3.05, 3.63) is 24.3 Å². The average molecular weight is 382 g/mol. The zero-order valence-electron chi connectivity index (χ0n) is 17.2. The Kier molecular flexibility index (Phi) is 12.0. The van der Waals surface area contributed by atoms with Gasteiger partial charge in [0.05, 0.1) is 13.1 Å². The summed E-state index contributed by atoms with van der Waals surface area (Å²) >= 11 is 0. The molecule has 1 aliphatic rings. The van der Waals surface area contributed by atoms with Crippen LogP contribution in [0.1, 0.15) is 71.6 Å². The van der Waals surface area contributed by atoms with Crippen LogP contribution in [0.5, 0.6) is 0 Å². The number of halogens is 1. The summed E-state index contributed by atoms with van der Waals surface area (Å²) < 4.78 is 20.5. The minimum Gasteiger partial charge on any atom is -0.295 e. The fourth-order valence-electron chi connectivity index (χ4n) is 3.52. The van der Waals surface area contributed by atoms with Gasteiger partial charge < -0.3 is 0 Å². The van der Waals surface area contributed by atoms with E-state index in [-0.39, 0.29) is 23.7 Å². The van der Waals surface area contributed by atoms with E-state index in [0.717, 1.165) is 32.1 Å². The highest BCUT2D eigenvalue weighted by molar-refractivity contribution is 6.48. The topological polar surface area (TPSA) is 26.3 Å². The number of hydrogen-bond acceptors (Lipinski definition) is 2. The smallest absolute Gasteiger partial charge is 0.295 e. The Hall–Kier alpha value is -0.743. The van der Waals surface area contributed by atoms with Crippen LogP contribution >= 0.6 is 0 Å². The van der Waals surface area contributed by atoms with Gasteiger partial charge in [-0.25, -0.2) is 8.82 Å². The Labute approximate surface area is 162 Å². The third-order valence-corrected chi connectivity index (χ3v) is 5.85. The van der Waals surface area contributed by atoms with Crippen LogP contribution in [0, 0.1) is 11.8 Å². The molecule has 26 heavy (non-hydrogen) atoms. The summed E-state index contributed by atoms with van der Waals surface area (Å²) in [5, 5.41) is 0. The van der Waals surface area contributed by atoms with E-state index in [4.69, 9.17) is 4.43 Å². The second-order valence-corrected chi connectivity index (χ2v) is 9.73. The lowest BCUT2D eigenvalue weighted by atomic mass is 9.86. The largest absolute Gasteiger partial charge is 0.467 e. The summed E-state index contributed by atoms with van der Waals surface area (Å²) in [6, 6.07) is 0. The minimum absolute atomic E-state index is 0.0373. The molecule has 3 unspecified atom stereocenters. The van der Waals surface area contributed by atoms with E-state index in [2.05, 4.69) is 39.1 Å². The molecule has 0 saturated carbocycles. The maximum absolute atomic E-state index is 14.6. The predicted molar refractivity (Wildman–Crippen MR) is 110 cm³/mol. The van der Waals surface area contributed by atoms with Crippen molar-refractivity contribution in [1.29, 1.82) is 0 Å². The molecular formula is C22H38FO2Si+. The maximum atomic E-state index is 14.6. The lowest BCUT2D eigenvalue weighted by Gasteiger charge is -2.22. The first-order valence-corrected chi connectivity index (χ1v) is 12.9. The average Bonchev–Trinajstić information content (AvgIpc) is 2.96. The molecule has 0 spiro atoms. The molecule has 0 N–H and O–H groups in total. The lowest BCUT2D eigenvalue weighted by Crippen LogP contribution is -2.31. The van der Waals surface area contributed by atoms with Crippen molar-refractivity contribution in [2.24, 2.45) is 11.8 Å². The quantitative estimate of drug-likeness (QED) is 0.197. The molecule has 1 rings (SSSR count). The van der Waals surface area contributed by atoms with Crippen molar-refractivity contribution in [1.82, 2.24) is 0 Å². The Morgan fingerprint density at radius 2 is 1.92 bits per heavy atom. The van der Waals surface area contributed by atoms with Crippen LogP contribution in [0.2, 0.25) is 13.1 Å². The van der Waals surface area contributed by atoms with Crippen LogP contribution < -0.4 is 0 Å². The predicted octanol–water partition coefficient (Wildman–Crippen LogP) is 6.44. The zero-order valence-corrected chi connectivity index (χ0v) is 18.2. The van der Waals surface area contributed by atoms with Crippen LogP contribution in [-0.4, -0.2) is 27.1 Å². The minimum atomic E-state index is -0.930. The highest BCUT2D eigenvalue weighted by Gasteiger charge is 2.33. The van der Waals surface area contributed by atoms with E-state index >= 15 is 0 Å². The van der Waals surface area contributed by atoms with Crippen LogP contribution in [0.3, 0.4) is 0 Å². The van der Waals surface area contributed by atoms with Gasteiger partial charge in [-0.1, -0.05) is 57.8 Å².